The lowest BCUT2D eigenvalue weighted by Gasteiger charge is -2.30. The van der Waals surface area contributed by atoms with Crippen molar-refractivity contribution in [3.05, 3.63) is 35.9 Å². The maximum atomic E-state index is 6.19. The van der Waals surface area contributed by atoms with Crippen molar-refractivity contribution in [2.45, 2.75) is 32.9 Å². The lowest BCUT2D eigenvalue weighted by molar-refractivity contribution is 0.197. The third kappa shape index (κ3) is 3.62. The van der Waals surface area contributed by atoms with Gasteiger partial charge in [-0.15, -0.1) is 0 Å². The van der Waals surface area contributed by atoms with Crippen LogP contribution in [0.4, 0.5) is 0 Å². The predicted molar refractivity (Wildman–Crippen MR) is 70.3 cm³/mol. The molecule has 0 saturated heterocycles. The number of hydrogen-bond donors (Lipinski definition) is 1. The zero-order valence-electron chi connectivity index (χ0n) is 10.9. The summed E-state index contributed by atoms with van der Waals surface area (Å²) in [5, 5.41) is 0. The van der Waals surface area contributed by atoms with Gasteiger partial charge in [-0.25, -0.2) is 0 Å². The van der Waals surface area contributed by atoms with Gasteiger partial charge in [0.15, 0.2) is 0 Å². The van der Waals surface area contributed by atoms with E-state index < -0.39 is 0 Å². The maximum absolute atomic E-state index is 6.19. The van der Waals surface area contributed by atoms with Crippen molar-refractivity contribution < 1.29 is 0 Å². The molecule has 2 heteroatoms. The molecule has 0 bridgehead atoms. The van der Waals surface area contributed by atoms with Crippen LogP contribution in [0.1, 0.15) is 32.4 Å². The fourth-order valence-electron chi connectivity index (χ4n) is 1.79. The maximum Gasteiger partial charge on any atom is 0.0424 e. The highest BCUT2D eigenvalue weighted by Crippen LogP contribution is 2.14. The highest BCUT2D eigenvalue weighted by Gasteiger charge is 2.16. The van der Waals surface area contributed by atoms with Gasteiger partial charge in [-0.2, -0.15) is 0 Å². The van der Waals surface area contributed by atoms with Gasteiger partial charge < -0.3 is 10.6 Å². The minimum absolute atomic E-state index is 0.104. The van der Waals surface area contributed by atoms with E-state index in [0.717, 1.165) is 6.54 Å². The molecule has 16 heavy (non-hydrogen) atoms. The summed E-state index contributed by atoms with van der Waals surface area (Å²) in [7, 11) is 2.15. The normalized spacial score (nSPS) is 15.4. The Morgan fingerprint density at radius 2 is 1.69 bits per heavy atom. The van der Waals surface area contributed by atoms with Crippen molar-refractivity contribution >= 4 is 0 Å². The first-order chi connectivity index (χ1) is 7.52. The molecule has 2 atom stereocenters. The summed E-state index contributed by atoms with van der Waals surface area (Å²) in [5.74, 6) is 0.660. The van der Waals surface area contributed by atoms with Crippen LogP contribution in [0, 0.1) is 5.92 Å². The number of nitrogens with two attached hydrogens (primary N) is 1. The highest BCUT2D eigenvalue weighted by molar-refractivity contribution is 5.18. The van der Waals surface area contributed by atoms with Crippen LogP contribution in [0.2, 0.25) is 0 Å². The quantitative estimate of drug-likeness (QED) is 0.826. The van der Waals surface area contributed by atoms with Crippen molar-refractivity contribution in [1.82, 2.24) is 4.90 Å². The van der Waals surface area contributed by atoms with Crippen molar-refractivity contribution in [2.24, 2.45) is 11.7 Å². The molecule has 0 heterocycles. The van der Waals surface area contributed by atoms with E-state index in [9.17, 15) is 0 Å². The minimum Gasteiger partial charge on any atom is -0.323 e. The Bertz CT molecular complexity index is 295. The number of benzene rings is 1. The number of nitrogens with zero attached hydrogens (tertiary/aromatic N) is 1. The largest absolute Gasteiger partial charge is 0.323 e. The van der Waals surface area contributed by atoms with Crippen LogP contribution in [0.25, 0.3) is 0 Å². The van der Waals surface area contributed by atoms with Gasteiger partial charge in [0.2, 0.25) is 0 Å². The Morgan fingerprint density at radius 3 is 2.19 bits per heavy atom. The number of likely N-dealkylation sites (N-methyl/N-ethyl adjacent to an activating group) is 1. The molecule has 0 aliphatic heterocycles. The average molecular weight is 220 g/mol. The van der Waals surface area contributed by atoms with Crippen molar-refractivity contribution in [3.8, 4) is 0 Å². The molecule has 1 rings (SSSR count). The van der Waals surface area contributed by atoms with Crippen LogP contribution in [-0.4, -0.2) is 24.5 Å². The van der Waals surface area contributed by atoms with E-state index in [4.69, 9.17) is 5.73 Å². The fourth-order valence-corrected chi connectivity index (χ4v) is 1.79. The van der Waals surface area contributed by atoms with Crippen LogP contribution in [0.5, 0.6) is 0 Å². The Balaban J connectivity index is 2.55. The van der Waals surface area contributed by atoms with Crippen LogP contribution >= 0.6 is 0 Å². The first-order valence-electron chi connectivity index (χ1n) is 6.03. The van der Waals surface area contributed by atoms with E-state index in [-0.39, 0.29) is 6.04 Å². The lowest BCUT2D eigenvalue weighted by Crippen LogP contribution is -2.38. The molecule has 0 amide bonds. The van der Waals surface area contributed by atoms with Gasteiger partial charge in [0, 0.05) is 18.6 Å². The summed E-state index contributed by atoms with van der Waals surface area (Å²) in [4.78, 5) is 2.34. The molecule has 2 N–H and O–H groups in total. The summed E-state index contributed by atoms with van der Waals surface area (Å²) in [6.45, 7) is 7.65. The molecular formula is C14H24N2. The van der Waals surface area contributed by atoms with Gasteiger partial charge in [-0.3, -0.25) is 0 Å². The van der Waals surface area contributed by atoms with Gasteiger partial charge >= 0.3 is 0 Å². The molecule has 0 saturated carbocycles. The Morgan fingerprint density at radius 1 is 1.12 bits per heavy atom. The van der Waals surface area contributed by atoms with Gasteiger partial charge in [0.1, 0.15) is 0 Å². The fraction of sp³-hybridized carbons (Fsp3) is 0.571. The van der Waals surface area contributed by atoms with E-state index in [1.54, 1.807) is 0 Å². The molecule has 0 aromatic heterocycles. The van der Waals surface area contributed by atoms with E-state index >= 15 is 0 Å². The predicted octanol–water partition coefficient (Wildman–Crippen LogP) is 2.66. The SMILES string of the molecule is CC(C)C(C)N(C)CC(N)c1ccccc1. The van der Waals surface area contributed by atoms with E-state index in [0.29, 0.717) is 12.0 Å². The molecule has 0 aliphatic rings. The summed E-state index contributed by atoms with van der Waals surface area (Å²) in [6, 6.07) is 11.0. The second-order valence-electron chi connectivity index (χ2n) is 4.94. The van der Waals surface area contributed by atoms with Crippen LogP contribution in [0.3, 0.4) is 0 Å². The Hall–Kier alpha value is -0.860. The zero-order valence-corrected chi connectivity index (χ0v) is 10.9. The van der Waals surface area contributed by atoms with Gasteiger partial charge in [-0.05, 0) is 25.5 Å². The van der Waals surface area contributed by atoms with E-state index in [1.807, 2.05) is 18.2 Å². The van der Waals surface area contributed by atoms with E-state index in [1.165, 1.54) is 5.56 Å². The zero-order chi connectivity index (χ0) is 12.1. The molecule has 2 nitrogen and oxygen atoms in total. The van der Waals surface area contributed by atoms with Gasteiger partial charge in [0.25, 0.3) is 0 Å². The van der Waals surface area contributed by atoms with Crippen LogP contribution in [-0.2, 0) is 0 Å². The van der Waals surface area contributed by atoms with Crippen molar-refractivity contribution in [3.63, 3.8) is 0 Å². The third-order valence-electron chi connectivity index (χ3n) is 3.37. The minimum atomic E-state index is 0.104. The van der Waals surface area contributed by atoms with Crippen LogP contribution in [0.15, 0.2) is 30.3 Å². The Kier molecular flexibility index (Phi) is 4.97. The van der Waals surface area contributed by atoms with Crippen molar-refractivity contribution in [2.75, 3.05) is 13.6 Å². The monoisotopic (exact) mass is 220 g/mol. The second kappa shape index (κ2) is 6.02. The molecule has 0 radical (unpaired) electrons. The molecule has 0 aliphatic carbocycles. The molecule has 1 aromatic rings. The summed E-state index contributed by atoms with van der Waals surface area (Å²) in [5.41, 5.74) is 7.41. The topological polar surface area (TPSA) is 29.3 Å². The van der Waals surface area contributed by atoms with Gasteiger partial charge in [-0.1, -0.05) is 44.2 Å². The number of rotatable bonds is 5. The standard InChI is InChI=1S/C14H24N2/c1-11(2)12(3)16(4)10-14(15)13-8-6-5-7-9-13/h5-9,11-12,14H,10,15H2,1-4H3. The summed E-state index contributed by atoms with van der Waals surface area (Å²) in [6.07, 6.45) is 0. The second-order valence-corrected chi connectivity index (χ2v) is 4.94. The van der Waals surface area contributed by atoms with Gasteiger partial charge in [0.05, 0.1) is 0 Å². The molecule has 1 aromatic carbocycles. The highest BCUT2D eigenvalue weighted by atomic mass is 15.1. The van der Waals surface area contributed by atoms with Crippen LogP contribution < -0.4 is 5.73 Å². The molecule has 0 fully saturated rings. The first kappa shape index (κ1) is 13.2. The summed E-state index contributed by atoms with van der Waals surface area (Å²) < 4.78 is 0. The third-order valence-corrected chi connectivity index (χ3v) is 3.37. The molecule has 90 valence electrons. The van der Waals surface area contributed by atoms with Crippen molar-refractivity contribution in [1.29, 1.82) is 0 Å². The average Bonchev–Trinajstić information content (AvgIpc) is 2.28. The molecule has 0 spiro atoms. The first-order valence-corrected chi connectivity index (χ1v) is 6.03. The summed E-state index contributed by atoms with van der Waals surface area (Å²) >= 11 is 0. The number of hydrogen-bond acceptors (Lipinski definition) is 2. The van der Waals surface area contributed by atoms with E-state index in [2.05, 4.69) is 44.9 Å². The Labute approximate surface area is 99.5 Å². The smallest absolute Gasteiger partial charge is 0.0424 e. The lowest BCUT2D eigenvalue weighted by atomic mass is 10.0. The molecule has 2 unspecified atom stereocenters. The molecular weight excluding hydrogens is 196 g/mol.